The largest absolute Gasteiger partial charge is 0.316 e. The average molecular weight is 336 g/mol. The number of nitrogens with one attached hydrogen (secondary N) is 1. The summed E-state index contributed by atoms with van der Waals surface area (Å²) in [7, 11) is 1.96. The molecular weight excluding hydrogens is 317 g/mol. The first-order valence-corrected chi connectivity index (χ1v) is 7.54. The Morgan fingerprint density at radius 3 is 2.55 bits per heavy atom. The molecule has 0 aliphatic carbocycles. The van der Waals surface area contributed by atoms with Gasteiger partial charge >= 0.3 is 0 Å². The van der Waals surface area contributed by atoms with Crippen LogP contribution in [-0.4, -0.2) is 13.1 Å². The summed E-state index contributed by atoms with van der Waals surface area (Å²) in [5.74, 6) is -0.194. The molecule has 3 heteroatoms. The Balaban J connectivity index is 2.11. The number of rotatable bonds is 5. The first-order valence-electron chi connectivity index (χ1n) is 6.75. The van der Waals surface area contributed by atoms with Crippen molar-refractivity contribution < 1.29 is 4.39 Å². The molecule has 1 atom stereocenters. The molecule has 1 nitrogen and oxygen atoms in total. The van der Waals surface area contributed by atoms with Gasteiger partial charge in [0.05, 0.1) is 0 Å². The Hall–Kier alpha value is -1.19. The summed E-state index contributed by atoms with van der Waals surface area (Å²) in [5.41, 5.74) is 3.64. The van der Waals surface area contributed by atoms with E-state index in [4.69, 9.17) is 0 Å². The van der Waals surface area contributed by atoms with Crippen molar-refractivity contribution >= 4 is 15.9 Å². The van der Waals surface area contributed by atoms with E-state index in [1.165, 1.54) is 17.2 Å². The minimum atomic E-state index is -0.194. The molecule has 0 aliphatic heterocycles. The molecule has 0 saturated heterocycles. The Morgan fingerprint density at radius 1 is 1.15 bits per heavy atom. The lowest BCUT2D eigenvalue weighted by atomic mass is 9.96. The van der Waals surface area contributed by atoms with Crippen molar-refractivity contribution in [2.24, 2.45) is 0 Å². The second kappa shape index (κ2) is 7.00. The second-order valence-corrected chi connectivity index (χ2v) is 6.01. The molecule has 0 bridgehead atoms. The normalized spacial score (nSPS) is 12.4. The van der Waals surface area contributed by atoms with Gasteiger partial charge < -0.3 is 5.32 Å². The maximum Gasteiger partial charge on any atom is 0.124 e. The van der Waals surface area contributed by atoms with Crippen LogP contribution in [-0.2, 0) is 12.8 Å². The van der Waals surface area contributed by atoms with Gasteiger partial charge in [0, 0.05) is 10.5 Å². The van der Waals surface area contributed by atoms with Crippen molar-refractivity contribution in [3.8, 4) is 0 Å². The van der Waals surface area contributed by atoms with E-state index in [0.717, 1.165) is 22.9 Å². The fourth-order valence-electron chi connectivity index (χ4n) is 2.39. The third-order valence-electron chi connectivity index (χ3n) is 3.54. The van der Waals surface area contributed by atoms with Gasteiger partial charge in [-0.05, 0) is 61.7 Å². The van der Waals surface area contributed by atoms with Crippen LogP contribution in [0.5, 0.6) is 0 Å². The topological polar surface area (TPSA) is 12.0 Å². The van der Waals surface area contributed by atoms with Gasteiger partial charge in [-0.2, -0.15) is 0 Å². The molecule has 0 spiro atoms. The van der Waals surface area contributed by atoms with E-state index in [0.29, 0.717) is 6.04 Å². The smallest absolute Gasteiger partial charge is 0.124 e. The summed E-state index contributed by atoms with van der Waals surface area (Å²) >= 11 is 3.34. The molecule has 2 rings (SSSR count). The zero-order chi connectivity index (χ0) is 14.5. The summed E-state index contributed by atoms with van der Waals surface area (Å²) in [6.45, 7) is 2.13. The van der Waals surface area contributed by atoms with Gasteiger partial charge in [0.1, 0.15) is 5.82 Å². The lowest BCUT2D eigenvalue weighted by molar-refractivity contribution is 0.551. The van der Waals surface area contributed by atoms with Crippen molar-refractivity contribution in [3.05, 3.63) is 69.4 Å². The lowest BCUT2D eigenvalue weighted by Crippen LogP contribution is -2.30. The Bertz CT molecular complexity index is 563. The first-order chi connectivity index (χ1) is 9.58. The molecule has 1 unspecified atom stereocenters. The highest BCUT2D eigenvalue weighted by molar-refractivity contribution is 9.10. The predicted molar refractivity (Wildman–Crippen MR) is 85.5 cm³/mol. The van der Waals surface area contributed by atoms with Gasteiger partial charge in [-0.25, -0.2) is 4.39 Å². The molecule has 2 aromatic carbocycles. The van der Waals surface area contributed by atoms with Crippen LogP contribution in [0.1, 0.15) is 16.7 Å². The Morgan fingerprint density at radius 2 is 1.90 bits per heavy atom. The molecule has 0 heterocycles. The summed E-state index contributed by atoms with van der Waals surface area (Å²) in [6, 6.07) is 13.8. The molecule has 1 N–H and O–H groups in total. The minimum absolute atomic E-state index is 0.194. The third-order valence-corrected chi connectivity index (χ3v) is 4.00. The van der Waals surface area contributed by atoms with Gasteiger partial charge in [0.15, 0.2) is 0 Å². The van der Waals surface area contributed by atoms with Gasteiger partial charge in [-0.15, -0.1) is 0 Å². The third kappa shape index (κ3) is 4.15. The van der Waals surface area contributed by atoms with E-state index in [2.05, 4.69) is 52.4 Å². The first kappa shape index (κ1) is 15.2. The molecule has 0 aliphatic rings. The Labute approximate surface area is 128 Å². The molecule has 0 aromatic heterocycles. The van der Waals surface area contributed by atoms with E-state index in [-0.39, 0.29) is 5.82 Å². The second-order valence-electron chi connectivity index (χ2n) is 5.10. The molecule has 0 amide bonds. The highest BCUT2D eigenvalue weighted by Crippen LogP contribution is 2.18. The minimum Gasteiger partial charge on any atom is -0.316 e. The molecule has 20 heavy (non-hydrogen) atoms. The van der Waals surface area contributed by atoms with Crippen molar-refractivity contribution in [2.75, 3.05) is 7.05 Å². The highest BCUT2D eigenvalue weighted by Gasteiger charge is 2.11. The van der Waals surface area contributed by atoms with Crippen LogP contribution >= 0.6 is 15.9 Å². The van der Waals surface area contributed by atoms with Gasteiger partial charge in [-0.1, -0.05) is 40.2 Å². The van der Waals surface area contributed by atoms with Gasteiger partial charge in [-0.3, -0.25) is 0 Å². The monoisotopic (exact) mass is 335 g/mol. The molecular formula is C17H19BrFN. The zero-order valence-corrected chi connectivity index (χ0v) is 13.4. The standard InChI is InChI=1S/C17H19BrFN/c1-12-5-3-4-6-14(12)10-17(20-2)9-13-7-15(18)11-16(19)8-13/h3-8,11,17,20H,9-10H2,1-2H3. The summed E-state index contributed by atoms with van der Waals surface area (Å²) in [5, 5.41) is 3.33. The van der Waals surface area contributed by atoms with Crippen LogP contribution in [0.2, 0.25) is 0 Å². The highest BCUT2D eigenvalue weighted by atomic mass is 79.9. The molecule has 0 radical (unpaired) electrons. The number of hydrogen-bond donors (Lipinski definition) is 1. The van der Waals surface area contributed by atoms with E-state index in [1.54, 1.807) is 6.07 Å². The molecule has 2 aromatic rings. The molecule has 106 valence electrons. The van der Waals surface area contributed by atoms with Gasteiger partial charge in [0.25, 0.3) is 0 Å². The average Bonchev–Trinajstić information content (AvgIpc) is 2.39. The maximum atomic E-state index is 13.4. The number of likely N-dealkylation sites (N-methyl/N-ethyl adjacent to an activating group) is 1. The maximum absolute atomic E-state index is 13.4. The van der Waals surface area contributed by atoms with Crippen LogP contribution < -0.4 is 5.32 Å². The lowest BCUT2D eigenvalue weighted by Gasteiger charge is -2.18. The fourth-order valence-corrected chi connectivity index (χ4v) is 2.91. The van der Waals surface area contributed by atoms with Crippen molar-refractivity contribution in [1.29, 1.82) is 0 Å². The predicted octanol–water partition coefficient (Wildman–Crippen LogP) is 4.27. The number of aryl methyl sites for hydroxylation is 1. The van der Waals surface area contributed by atoms with Crippen LogP contribution in [0.15, 0.2) is 46.9 Å². The fraction of sp³-hybridized carbons (Fsp3) is 0.294. The summed E-state index contributed by atoms with van der Waals surface area (Å²) in [4.78, 5) is 0. The number of halogens is 2. The SMILES string of the molecule is CNC(Cc1cc(F)cc(Br)c1)Cc1ccccc1C. The van der Waals surface area contributed by atoms with Crippen LogP contribution in [0, 0.1) is 12.7 Å². The van der Waals surface area contributed by atoms with Crippen LogP contribution in [0.3, 0.4) is 0 Å². The van der Waals surface area contributed by atoms with Crippen molar-refractivity contribution in [1.82, 2.24) is 5.32 Å². The number of hydrogen-bond acceptors (Lipinski definition) is 1. The van der Waals surface area contributed by atoms with Crippen LogP contribution in [0.4, 0.5) is 4.39 Å². The van der Waals surface area contributed by atoms with Crippen molar-refractivity contribution in [2.45, 2.75) is 25.8 Å². The zero-order valence-electron chi connectivity index (χ0n) is 11.8. The quantitative estimate of drug-likeness (QED) is 0.860. The summed E-state index contributed by atoms with van der Waals surface area (Å²) in [6.07, 6.45) is 1.75. The Kier molecular flexibility index (Phi) is 5.32. The molecule has 0 saturated carbocycles. The van der Waals surface area contributed by atoms with Gasteiger partial charge in [0.2, 0.25) is 0 Å². The van der Waals surface area contributed by atoms with E-state index < -0.39 is 0 Å². The van der Waals surface area contributed by atoms with Crippen molar-refractivity contribution in [3.63, 3.8) is 0 Å². The molecule has 0 fully saturated rings. The van der Waals surface area contributed by atoms with E-state index in [1.807, 2.05) is 13.1 Å². The van der Waals surface area contributed by atoms with E-state index in [9.17, 15) is 4.39 Å². The number of benzene rings is 2. The van der Waals surface area contributed by atoms with Crippen LogP contribution in [0.25, 0.3) is 0 Å². The van der Waals surface area contributed by atoms with E-state index >= 15 is 0 Å². The summed E-state index contributed by atoms with van der Waals surface area (Å²) < 4.78 is 14.2.